The monoisotopic (exact) mass is 197 g/mol. The average Bonchev–Trinajstić information content (AvgIpc) is 2.46. The Kier molecular flexibility index (Phi) is 7.12. The van der Waals surface area contributed by atoms with Crippen LogP contribution < -0.4 is 5.32 Å². The molecule has 84 valence electrons. The lowest BCUT2D eigenvalue weighted by molar-refractivity contribution is 0.449. The Morgan fingerprint density at radius 1 is 0.929 bits per heavy atom. The number of hydrogen-bond donors (Lipinski definition) is 1. The maximum atomic E-state index is 3.72. The third-order valence-electron chi connectivity index (χ3n) is 3.32. The van der Waals surface area contributed by atoms with Gasteiger partial charge in [0.2, 0.25) is 0 Å². The highest BCUT2D eigenvalue weighted by Gasteiger charge is 2.10. The van der Waals surface area contributed by atoms with E-state index in [1.807, 2.05) is 0 Å². The summed E-state index contributed by atoms with van der Waals surface area (Å²) in [6.45, 7) is 3.53. The molecule has 0 amide bonds. The van der Waals surface area contributed by atoms with Crippen LogP contribution in [0.5, 0.6) is 0 Å². The molecule has 0 unspecified atom stereocenters. The van der Waals surface area contributed by atoms with E-state index in [-0.39, 0.29) is 0 Å². The highest BCUT2D eigenvalue weighted by Crippen LogP contribution is 2.17. The zero-order chi connectivity index (χ0) is 10.1. The first kappa shape index (κ1) is 12.0. The first-order valence-corrected chi connectivity index (χ1v) is 6.67. The smallest absolute Gasteiger partial charge is 0.00670 e. The lowest BCUT2D eigenvalue weighted by atomic mass is 10.1. The molecule has 0 aromatic heterocycles. The molecule has 0 spiro atoms. The molecule has 0 atom stereocenters. The van der Waals surface area contributed by atoms with Crippen molar-refractivity contribution in [3.05, 3.63) is 0 Å². The Morgan fingerprint density at radius 3 is 2.29 bits per heavy atom. The van der Waals surface area contributed by atoms with Crippen molar-refractivity contribution in [2.75, 3.05) is 6.54 Å². The molecule has 0 heterocycles. The number of rotatable bonds is 6. The molecule has 1 heteroatoms. The molecule has 0 saturated heterocycles. The Bertz CT molecular complexity index is 114. The van der Waals surface area contributed by atoms with Gasteiger partial charge < -0.3 is 5.32 Å². The standard InChI is InChI=1S/C13H27N/c1-2-3-4-9-12-14-13-10-7-5-6-8-11-13/h13-14H,2-12H2,1H3. The van der Waals surface area contributed by atoms with Crippen molar-refractivity contribution in [3.63, 3.8) is 0 Å². The second-order valence-electron chi connectivity index (χ2n) is 4.70. The highest BCUT2D eigenvalue weighted by molar-refractivity contribution is 4.70. The molecule has 1 nitrogen and oxygen atoms in total. The third kappa shape index (κ3) is 5.64. The Labute approximate surface area is 89.7 Å². The second-order valence-corrected chi connectivity index (χ2v) is 4.70. The van der Waals surface area contributed by atoms with Gasteiger partial charge in [-0.1, -0.05) is 51.9 Å². The summed E-state index contributed by atoms with van der Waals surface area (Å²) in [5.74, 6) is 0. The van der Waals surface area contributed by atoms with Gasteiger partial charge in [0.15, 0.2) is 0 Å². The van der Waals surface area contributed by atoms with Gasteiger partial charge in [-0.05, 0) is 25.8 Å². The summed E-state index contributed by atoms with van der Waals surface area (Å²) in [5.41, 5.74) is 0. The summed E-state index contributed by atoms with van der Waals surface area (Å²) in [5, 5.41) is 3.72. The third-order valence-corrected chi connectivity index (χ3v) is 3.32. The molecular weight excluding hydrogens is 170 g/mol. The van der Waals surface area contributed by atoms with E-state index < -0.39 is 0 Å². The van der Waals surface area contributed by atoms with Crippen molar-refractivity contribution < 1.29 is 0 Å². The minimum atomic E-state index is 0.846. The van der Waals surface area contributed by atoms with Crippen LogP contribution in [0.1, 0.15) is 71.1 Å². The van der Waals surface area contributed by atoms with Crippen LogP contribution in [-0.2, 0) is 0 Å². The Balaban J connectivity index is 1.93. The summed E-state index contributed by atoms with van der Waals surface area (Å²) in [7, 11) is 0. The molecule has 0 bridgehead atoms. The fourth-order valence-corrected chi connectivity index (χ4v) is 2.34. The van der Waals surface area contributed by atoms with Crippen LogP contribution >= 0.6 is 0 Å². The quantitative estimate of drug-likeness (QED) is 0.503. The van der Waals surface area contributed by atoms with Gasteiger partial charge >= 0.3 is 0 Å². The number of nitrogens with one attached hydrogen (secondary N) is 1. The molecule has 1 rings (SSSR count). The fraction of sp³-hybridized carbons (Fsp3) is 1.00. The largest absolute Gasteiger partial charge is 0.314 e. The van der Waals surface area contributed by atoms with Crippen molar-refractivity contribution in [1.82, 2.24) is 5.32 Å². The predicted octanol–water partition coefficient (Wildman–Crippen LogP) is 3.88. The van der Waals surface area contributed by atoms with E-state index in [4.69, 9.17) is 0 Å². The molecule has 1 N–H and O–H groups in total. The predicted molar refractivity (Wildman–Crippen MR) is 63.6 cm³/mol. The van der Waals surface area contributed by atoms with E-state index in [2.05, 4.69) is 12.2 Å². The van der Waals surface area contributed by atoms with Crippen LogP contribution in [0.25, 0.3) is 0 Å². The number of unbranched alkanes of at least 4 members (excludes halogenated alkanes) is 3. The Morgan fingerprint density at radius 2 is 1.64 bits per heavy atom. The zero-order valence-corrected chi connectivity index (χ0v) is 9.86. The van der Waals surface area contributed by atoms with Crippen LogP contribution in [0.3, 0.4) is 0 Å². The minimum Gasteiger partial charge on any atom is -0.314 e. The maximum absolute atomic E-state index is 3.72. The van der Waals surface area contributed by atoms with Crippen molar-refractivity contribution in [3.8, 4) is 0 Å². The Hall–Kier alpha value is -0.0400. The zero-order valence-electron chi connectivity index (χ0n) is 9.86. The highest BCUT2D eigenvalue weighted by atomic mass is 14.9. The van der Waals surface area contributed by atoms with Crippen LogP contribution in [0, 0.1) is 0 Å². The molecule has 0 aromatic rings. The summed E-state index contributed by atoms with van der Waals surface area (Å²) in [6, 6.07) is 0.846. The second kappa shape index (κ2) is 8.28. The van der Waals surface area contributed by atoms with Crippen LogP contribution in [0.2, 0.25) is 0 Å². The van der Waals surface area contributed by atoms with Gasteiger partial charge in [0.25, 0.3) is 0 Å². The van der Waals surface area contributed by atoms with E-state index in [9.17, 15) is 0 Å². The van der Waals surface area contributed by atoms with E-state index >= 15 is 0 Å². The van der Waals surface area contributed by atoms with Gasteiger partial charge in [0.05, 0.1) is 0 Å². The average molecular weight is 197 g/mol. The fourth-order valence-electron chi connectivity index (χ4n) is 2.34. The summed E-state index contributed by atoms with van der Waals surface area (Å²) in [4.78, 5) is 0. The minimum absolute atomic E-state index is 0.846. The molecule has 0 aliphatic heterocycles. The summed E-state index contributed by atoms with van der Waals surface area (Å²) >= 11 is 0. The van der Waals surface area contributed by atoms with Crippen LogP contribution in [-0.4, -0.2) is 12.6 Å². The summed E-state index contributed by atoms with van der Waals surface area (Å²) < 4.78 is 0. The maximum Gasteiger partial charge on any atom is 0.00670 e. The topological polar surface area (TPSA) is 12.0 Å². The van der Waals surface area contributed by atoms with Gasteiger partial charge in [-0.25, -0.2) is 0 Å². The normalized spacial score (nSPS) is 19.5. The lowest BCUT2D eigenvalue weighted by Gasteiger charge is -2.15. The van der Waals surface area contributed by atoms with Gasteiger partial charge in [-0.3, -0.25) is 0 Å². The van der Waals surface area contributed by atoms with Gasteiger partial charge in [-0.2, -0.15) is 0 Å². The molecule has 0 radical (unpaired) electrons. The van der Waals surface area contributed by atoms with E-state index in [0.717, 1.165) is 6.04 Å². The van der Waals surface area contributed by atoms with Gasteiger partial charge in [-0.15, -0.1) is 0 Å². The van der Waals surface area contributed by atoms with Gasteiger partial charge in [0, 0.05) is 6.04 Å². The molecule has 1 aliphatic rings. The summed E-state index contributed by atoms with van der Waals surface area (Å²) in [6.07, 6.45) is 14.2. The van der Waals surface area contributed by atoms with Crippen LogP contribution in [0.15, 0.2) is 0 Å². The lowest BCUT2D eigenvalue weighted by Crippen LogP contribution is -2.29. The number of hydrogen-bond acceptors (Lipinski definition) is 1. The van der Waals surface area contributed by atoms with Gasteiger partial charge in [0.1, 0.15) is 0 Å². The van der Waals surface area contributed by atoms with Crippen molar-refractivity contribution in [1.29, 1.82) is 0 Å². The molecule has 1 saturated carbocycles. The first-order valence-electron chi connectivity index (χ1n) is 6.67. The van der Waals surface area contributed by atoms with Crippen molar-refractivity contribution >= 4 is 0 Å². The molecule has 0 aromatic carbocycles. The van der Waals surface area contributed by atoms with Crippen LogP contribution in [0.4, 0.5) is 0 Å². The SMILES string of the molecule is CCCCCCNC1CCCCCC1. The van der Waals surface area contributed by atoms with E-state index in [0.29, 0.717) is 0 Å². The van der Waals surface area contributed by atoms with E-state index in [1.54, 1.807) is 0 Å². The molecular formula is C13H27N. The molecule has 14 heavy (non-hydrogen) atoms. The molecule has 1 aliphatic carbocycles. The van der Waals surface area contributed by atoms with Crippen molar-refractivity contribution in [2.45, 2.75) is 77.2 Å². The van der Waals surface area contributed by atoms with Crippen molar-refractivity contribution in [2.24, 2.45) is 0 Å². The molecule has 1 fully saturated rings. The first-order chi connectivity index (χ1) is 6.93. The van der Waals surface area contributed by atoms with E-state index in [1.165, 1.54) is 70.8 Å².